The Bertz CT molecular complexity index is 622. The quantitative estimate of drug-likeness (QED) is 0.870. The maximum atomic E-state index is 12.1. The van der Waals surface area contributed by atoms with E-state index in [1.807, 2.05) is 0 Å². The number of hydrogen-bond acceptors (Lipinski definition) is 4. The van der Waals surface area contributed by atoms with Gasteiger partial charge >= 0.3 is 0 Å². The van der Waals surface area contributed by atoms with Crippen molar-refractivity contribution in [1.82, 2.24) is 9.97 Å². The molecular weight excluding hydrogens is 334 g/mol. The van der Waals surface area contributed by atoms with Crippen LogP contribution in [0.4, 0.5) is 5.69 Å². The normalized spacial score (nSPS) is 10.1. The minimum absolute atomic E-state index is 0.330. The Morgan fingerprint density at radius 1 is 1.47 bits per heavy atom. The third-order valence-electron chi connectivity index (χ3n) is 2.30. The minimum atomic E-state index is -0.330. The van der Waals surface area contributed by atoms with Gasteiger partial charge in [-0.05, 0) is 28.1 Å². The Hall–Kier alpha value is -1.66. The molecule has 0 unspecified atom stereocenters. The van der Waals surface area contributed by atoms with Gasteiger partial charge in [0.2, 0.25) is 0 Å². The standard InChI is InChI=1S/C12H9BrClN3O2/c1-19-10-6-15-3-2-8(10)12(18)17-9-4-7(14)5-16-11(9)13/h2-6H,1H3,(H,17,18). The Morgan fingerprint density at radius 3 is 3.00 bits per heavy atom. The van der Waals surface area contributed by atoms with E-state index in [0.29, 0.717) is 26.6 Å². The van der Waals surface area contributed by atoms with Crippen molar-refractivity contribution in [2.75, 3.05) is 12.4 Å². The second-order valence-corrected chi connectivity index (χ2v) is 4.71. The molecule has 98 valence electrons. The van der Waals surface area contributed by atoms with Crippen molar-refractivity contribution in [3.63, 3.8) is 0 Å². The van der Waals surface area contributed by atoms with Gasteiger partial charge in [-0.15, -0.1) is 0 Å². The van der Waals surface area contributed by atoms with Crippen LogP contribution >= 0.6 is 27.5 Å². The lowest BCUT2D eigenvalue weighted by molar-refractivity contribution is 0.102. The molecule has 0 aliphatic carbocycles. The highest BCUT2D eigenvalue weighted by Gasteiger charge is 2.14. The van der Waals surface area contributed by atoms with Crippen molar-refractivity contribution in [3.05, 3.63) is 45.9 Å². The van der Waals surface area contributed by atoms with Crippen molar-refractivity contribution in [3.8, 4) is 5.75 Å². The molecule has 7 heteroatoms. The minimum Gasteiger partial charge on any atom is -0.494 e. The zero-order chi connectivity index (χ0) is 13.8. The molecule has 2 aromatic heterocycles. The molecule has 2 aromatic rings. The summed E-state index contributed by atoms with van der Waals surface area (Å²) in [6.45, 7) is 0. The molecule has 1 N–H and O–H groups in total. The van der Waals surface area contributed by atoms with E-state index < -0.39 is 0 Å². The Kier molecular flexibility index (Phi) is 4.34. The third kappa shape index (κ3) is 3.21. The topological polar surface area (TPSA) is 64.1 Å². The smallest absolute Gasteiger partial charge is 0.259 e. The summed E-state index contributed by atoms with van der Waals surface area (Å²) in [5.74, 6) is 0.0649. The molecule has 0 aromatic carbocycles. The van der Waals surface area contributed by atoms with E-state index in [0.717, 1.165) is 0 Å². The number of pyridine rings is 2. The number of ether oxygens (including phenoxy) is 1. The fourth-order valence-corrected chi connectivity index (χ4v) is 1.90. The largest absolute Gasteiger partial charge is 0.494 e. The highest BCUT2D eigenvalue weighted by atomic mass is 79.9. The summed E-state index contributed by atoms with van der Waals surface area (Å²) >= 11 is 9.07. The molecule has 0 bridgehead atoms. The van der Waals surface area contributed by atoms with Crippen LogP contribution in [0.15, 0.2) is 35.3 Å². The molecule has 0 aliphatic heterocycles. The van der Waals surface area contributed by atoms with E-state index in [1.54, 1.807) is 12.1 Å². The number of hydrogen-bond donors (Lipinski definition) is 1. The number of amides is 1. The van der Waals surface area contributed by atoms with Crippen LogP contribution in [0.3, 0.4) is 0 Å². The lowest BCUT2D eigenvalue weighted by Gasteiger charge is -2.09. The van der Waals surface area contributed by atoms with Gasteiger partial charge in [0.25, 0.3) is 5.91 Å². The van der Waals surface area contributed by atoms with Crippen molar-refractivity contribution in [2.24, 2.45) is 0 Å². The van der Waals surface area contributed by atoms with Crippen LogP contribution in [0.5, 0.6) is 5.75 Å². The van der Waals surface area contributed by atoms with Crippen LogP contribution in [0.2, 0.25) is 5.02 Å². The van der Waals surface area contributed by atoms with Crippen LogP contribution in [0.1, 0.15) is 10.4 Å². The third-order valence-corrected chi connectivity index (χ3v) is 3.14. The number of nitrogens with one attached hydrogen (secondary N) is 1. The van der Waals surface area contributed by atoms with E-state index in [2.05, 4.69) is 31.2 Å². The van der Waals surface area contributed by atoms with Crippen molar-refractivity contribution >= 4 is 39.1 Å². The first kappa shape index (κ1) is 13.8. The summed E-state index contributed by atoms with van der Waals surface area (Å²) in [5.41, 5.74) is 0.862. The van der Waals surface area contributed by atoms with Gasteiger partial charge in [-0.3, -0.25) is 9.78 Å². The van der Waals surface area contributed by atoms with Gasteiger partial charge in [0.15, 0.2) is 0 Å². The molecule has 19 heavy (non-hydrogen) atoms. The maximum Gasteiger partial charge on any atom is 0.259 e. The fraction of sp³-hybridized carbons (Fsp3) is 0.0833. The van der Waals surface area contributed by atoms with E-state index >= 15 is 0 Å². The van der Waals surface area contributed by atoms with Crippen LogP contribution in [0, 0.1) is 0 Å². The van der Waals surface area contributed by atoms with Crippen LogP contribution in [0.25, 0.3) is 0 Å². The zero-order valence-corrected chi connectivity index (χ0v) is 12.2. The highest BCUT2D eigenvalue weighted by Crippen LogP contribution is 2.25. The monoisotopic (exact) mass is 341 g/mol. The molecule has 1 amide bonds. The molecule has 0 spiro atoms. The summed E-state index contributed by atoms with van der Waals surface area (Å²) in [5, 5.41) is 3.13. The van der Waals surface area contributed by atoms with Crippen molar-refractivity contribution in [2.45, 2.75) is 0 Å². The van der Waals surface area contributed by atoms with Gasteiger partial charge in [0.05, 0.1) is 29.6 Å². The SMILES string of the molecule is COc1cnccc1C(=O)Nc1cc(Cl)cnc1Br. The van der Waals surface area contributed by atoms with Gasteiger partial charge in [-0.2, -0.15) is 0 Å². The number of aromatic nitrogens is 2. The molecule has 2 rings (SSSR count). The number of methoxy groups -OCH3 is 1. The first-order valence-corrected chi connectivity index (χ1v) is 6.39. The second-order valence-electron chi connectivity index (χ2n) is 3.52. The summed E-state index contributed by atoms with van der Waals surface area (Å²) in [4.78, 5) is 20.0. The number of nitrogens with zero attached hydrogens (tertiary/aromatic N) is 2. The molecule has 2 heterocycles. The Balaban J connectivity index is 2.28. The number of halogens is 2. The predicted octanol–water partition coefficient (Wildman–Crippen LogP) is 3.15. The summed E-state index contributed by atoms with van der Waals surface area (Å²) in [6, 6.07) is 3.17. The van der Waals surface area contributed by atoms with E-state index in [4.69, 9.17) is 16.3 Å². The highest BCUT2D eigenvalue weighted by molar-refractivity contribution is 9.10. The molecule has 0 radical (unpaired) electrons. The maximum absolute atomic E-state index is 12.1. The van der Waals surface area contributed by atoms with E-state index in [9.17, 15) is 4.79 Å². The average Bonchev–Trinajstić information content (AvgIpc) is 2.42. The fourth-order valence-electron chi connectivity index (χ4n) is 1.43. The summed E-state index contributed by atoms with van der Waals surface area (Å²) < 4.78 is 5.58. The molecule has 0 aliphatic rings. The zero-order valence-electron chi connectivity index (χ0n) is 9.85. The average molecular weight is 343 g/mol. The van der Waals surface area contributed by atoms with Gasteiger partial charge in [-0.1, -0.05) is 11.6 Å². The Morgan fingerprint density at radius 2 is 2.26 bits per heavy atom. The van der Waals surface area contributed by atoms with E-state index in [-0.39, 0.29) is 5.91 Å². The number of carbonyl (C=O) groups is 1. The molecular formula is C12H9BrClN3O2. The first-order valence-electron chi connectivity index (χ1n) is 5.22. The predicted molar refractivity (Wildman–Crippen MR) is 75.7 cm³/mol. The lowest BCUT2D eigenvalue weighted by Crippen LogP contribution is -2.14. The van der Waals surface area contributed by atoms with Gasteiger partial charge in [-0.25, -0.2) is 4.98 Å². The van der Waals surface area contributed by atoms with Gasteiger partial charge in [0, 0.05) is 12.4 Å². The molecule has 5 nitrogen and oxygen atoms in total. The second kappa shape index (κ2) is 5.99. The van der Waals surface area contributed by atoms with Crippen LogP contribution in [-0.2, 0) is 0 Å². The molecule has 0 atom stereocenters. The van der Waals surface area contributed by atoms with Crippen molar-refractivity contribution in [1.29, 1.82) is 0 Å². The van der Waals surface area contributed by atoms with Crippen LogP contribution in [-0.4, -0.2) is 23.0 Å². The number of rotatable bonds is 3. The lowest BCUT2D eigenvalue weighted by atomic mass is 10.2. The summed E-state index contributed by atoms with van der Waals surface area (Å²) in [7, 11) is 1.48. The molecule has 0 fully saturated rings. The van der Waals surface area contributed by atoms with Crippen molar-refractivity contribution < 1.29 is 9.53 Å². The number of carbonyl (C=O) groups excluding carboxylic acids is 1. The Labute approximate surface area is 123 Å². The van der Waals surface area contributed by atoms with Gasteiger partial charge in [0.1, 0.15) is 10.4 Å². The van der Waals surface area contributed by atoms with Gasteiger partial charge < -0.3 is 10.1 Å². The van der Waals surface area contributed by atoms with Crippen LogP contribution < -0.4 is 10.1 Å². The number of anilines is 1. The molecule has 0 saturated carbocycles. The first-order chi connectivity index (χ1) is 9.11. The summed E-state index contributed by atoms with van der Waals surface area (Å²) in [6.07, 6.45) is 4.47. The molecule has 0 saturated heterocycles. The van der Waals surface area contributed by atoms with E-state index in [1.165, 1.54) is 25.7 Å².